The second-order valence-corrected chi connectivity index (χ2v) is 8.67. The van der Waals surface area contributed by atoms with Crippen molar-refractivity contribution in [2.75, 3.05) is 17.6 Å². The molecule has 144 valence electrons. The van der Waals surface area contributed by atoms with Crippen LogP contribution in [0.15, 0.2) is 61.4 Å². The van der Waals surface area contributed by atoms with Gasteiger partial charge in [-0.1, -0.05) is 52.4 Å². The van der Waals surface area contributed by atoms with E-state index >= 15 is 0 Å². The number of nitrogens with two attached hydrogens (primary N) is 1. The van der Waals surface area contributed by atoms with Gasteiger partial charge in [0.1, 0.15) is 12.1 Å². The van der Waals surface area contributed by atoms with E-state index in [-0.39, 0.29) is 5.78 Å². The summed E-state index contributed by atoms with van der Waals surface area (Å²) in [7, 11) is 3.48. The van der Waals surface area contributed by atoms with E-state index in [1.54, 1.807) is 27.9 Å². The summed E-state index contributed by atoms with van der Waals surface area (Å²) in [6.07, 6.45) is 3.25. The first-order chi connectivity index (χ1) is 13.7. The minimum absolute atomic E-state index is 0.00937. The molecule has 5 nitrogen and oxygen atoms in total. The molecule has 28 heavy (non-hydrogen) atoms. The van der Waals surface area contributed by atoms with E-state index in [1.165, 1.54) is 6.08 Å². The predicted octanol–water partition coefficient (Wildman–Crippen LogP) is 4.51. The van der Waals surface area contributed by atoms with Crippen LogP contribution in [0.3, 0.4) is 0 Å². The summed E-state index contributed by atoms with van der Waals surface area (Å²) in [5.74, 6) is 2.39. The Bertz CT molecular complexity index is 963. The number of rotatable bonds is 10. The highest BCUT2D eigenvalue weighted by molar-refractivity contribution is 8.76. The zero-order valence-corrected chi connectivity index (χ0v) is 17.1. The van der Waals surface area contributed by atoms with Crippen molar-refractivity contribution in [1.82, 2.24) is 9.97 Å². The fourth-order valence-corrected chi connectivity index (χ4v) is 4.68. The van der Waals surface area contributed by atoms with E-state index in [9.17, 15) is 4.79 Å². The molecule has 0 aliphatic rings. The van der Waals surface area contributed by atoms with Gasteiger partial charge >= 0.3 is 0 Å². The first kappa shape index (κ1) is 20.4. The molecule has 0 bridgehead atoms. The Kier molecular flexibility index (Phi) is 7.47. The summed E-state index contributed by atoms with van der Waals surface area (Å²) >= 11 is 0. The van der Waals surface area contributed by atoms with Crippen molar-refractivity contribution in [2.24, 2.45) is 5.73 Å². The van der Waals surface area contributed by atoms with E-state index in [1.807, 2.05) is 36.4 Å². The molecule has 3 N–H and O–H groups in total. The maximum atomic E-state index is 11.9. The number of benzene rings is 2. The third-order valence-electron chi connectivity index (χ3n) is 4.02. The third kappa shape index (κ3) is 5.34. The van der Waals surface area contributed by atoms with Gasteiger partial charge in [0.2, 0.25) is 0 Å². The lowest BCUT2D eigenvalue weighted by molar-refractivity contribution is -0.114. The van der Waals surface area contributed by atoms with Gasteiger partial charge in [0.05, 0.1) is 5.52 Å². The number of fused-ring (bicyclic) bond motifs is 1. The number of hydrogen-bond acceptors (Lipinski definition) is 7. The molecule has 0 saturated heterocycles. The average molecular weight is 411 g/mol. The molecule has 0 fully saturated rings. The largest absolute Gasteiger partial charge is 0.340 e. The van der Waals surface area contributed by atoms with Crippen molar-refractivity contribution in [3.63, 3.8) is 0 Å². The predicted molar refractivity (Wildman–Crippen MR) is 121 cm³/mol. The topological polar surface area (TPSA) is 80.9 Å². The summed E-state index contributed by atoms with van der Waals surface area (Å²) < 4.78 is 0. The minimum Gasteiger partial charge on any atom is -0.340 e. The van der Waals surface area contributed by atoms with Gasteiger partial charge in [0, 0.05) is 35.5 Å². The van der Waals surface area contributed by atoms with Crippen molar-refractivity contribution in [2.45, 2.75) is 12.2 Å². The zero-order chi connectivity index (χ0) is 19.8. The quantitative estimate of drug-likeness (QED) is 0.289. The van der Waals surface area contributed by atoms with Crippen molar-refractivity contribution < 1.29 is 4.79 Å². The molecule has 0 atom stereocenters. The van der Waals surface area contributed by atoms with Crippen molar-refractivity contribution in [1.29, 1.82) is 0 Å². The van der Waals surface area contributed by atoms with Gasteiger partial charge in [-0.05, 0) is 35.4 Å². The summed E-state index contributed by atoms with van der Waals surface area (Å²) in [5, 5.41) is 4.26. The Labute approximate surface area is 172 Å². The Morgan fingerprint density at radius 2 is 2.00 bits per heavy atom. The third-order valence-corrected chi connectivity index (χ3v) is 6.37. The molecule has 0 aliphatic heterocycles. The van der Waals surface area contributed by atoms with E-state index in [2.05, 4.69) is 27.9 Å². The van der Waals surface area contributed by atoms with E-state index in [0.717, 1.165) is 45.0 Å². The van der Waals surface area contributed by atoms with E-state index in [0.29, 0.717) is 13.0 Å². The van der Waals surface area contributed by atoms with Crippen molar-refractivity contribution in [3.05, 3.63) is 72.6 Å². The van der Waals surface area contributed by atoms with Gasteiger partial charge in [0.15, 0.2) is 5.78 Å². The molecule has 0 radical (unpaired) electrons. The number of para-hydroxylation sites is 1. The fraction of sp³-hybridized carbons (Fsp3) is 0.190. The number of nitrogens with zero attached hydrogens (tertiary/aromatic N) is 2. The molecular weight excluding hydrogens is 388 g/mol. The van der Waals surface area contributed by atoms with Gasteiger partial charge in [-0.25, -0.2) is 9.97 Å². The fourth-order valence-electron chi connectivity index (χ4n) is 2.76. The van der Waals surface area contributed by atoms with Gasteiger partial charge in [-0.2, -0.15) is 0 Å². The standard InChI is InChI=1S/C21H22N4OS2/c1-2-18(26)11-15-10-16(13-28-27-9-8-22)20-19(12-15)21(24-14-23-20)25-17-6-4-3-5-7-17/h2-7,10,12,14H,1,8-9,11,13,22H2,(H,23,24,25). The molecular formula is C21H22N4OS2. The van der Waals surface area contributed by atoms with Crippen LogP contribution in [0.1, 0.15) is 11.1 Å². The molecule has 0 saturated carbocycles. The Morgan fingerprint density at radius 3 is 2.75 bits per heavy atom. The number of anilines is 2. The van der Waals surface area contributed by atoms with Crippen LogP contribution < -0.4 is 11.1 Å². The molecule has 0 spiro atoms. The maximum Gasteiger partial charge on any atom is 0.159 e. The molecule has 2 aromatic carbocycles. The summed E-state index contributed by atoms with van der Waals surface area (Å²) in [6, 6.07) is 13.9. The van der Waals surface area contributed by atoms with Gasteiger partial charge in [-0.3, -0.25) is 4.79 Å². The summed E-state index contributed by atoms with van der Waals surface area (Å²) in [5.41, 5.74) is 9.43. The number of hydrogen-bond donors (Lipinski definition) is 2. The van der Waals surface area contributed by atoms with Gasteiger partial charge < -0.3 is 11.1 Å². The number of aromatic nitrogens is 2. The van der Waals surface area contributed by atoms with Crippen LogP contribution in [0.2, 0.25) is 0 Å². The SMILES string of the molecule is C=CC(=O)Cc1cc(CSSCCN)c2ncnc(Nc3ccccc3)c2c1. The molecule has 7 heteroatoms. The smallest absolute Gasteiger partial charge is 0.159 e. The second kappa shape index (κ2) is 10.3. The molecule has 0 amide bonds. The molecule has 0 unspecified atom stereocenters. The van der Waals surface area contributed by atoms with Gasteiger partial charge in [-0.15, -0.1) is 0 Å². The molecule has 1 aromatic heterocycles. The number of nitrogens with one attached hydrogen (secondary N) is 1. The van der Waals surface area contributed by atoms with Gasteiger partial charge in [0.25, 0.3) is 0 Å². The van der Waals surface area contributed by atoms with E-state index < -0.39 is 0 Å². The maximum absolute atomic E-state index is 11.9. The Balaban J connectivity index is 2.00. The normalized spacial score (nSPS) is 10.8. The lowest BCUT2D eigenvalue weighted by Gasteiger charge is -2.13. The lowest BCUT2D eigenvalue weighted by atomic mass is 10.0. The number of ketones is 1. The van der Waals surface area contributed by atoms with Crippen LogP contribution in [0, 0.1) is 0 Å². The Hall–Kier alpha value is -2.35. The molecule has 3 aromatic rings. The number of allylic oxidation sites excluding steroid dienone is 1. The first-order valence-corrected chi connectivity index (χ1v) is 11.4. The van der Waals surface area contributed by atoms with Crippen molar-refractivity contribution >= 4 is 49.8 Å². The first-order valence-electron chi connectivity index (χ1n) is 8.89. The lowest BCUT2D eigenvalue weighted by Crippen LogP contribution is -2.02. The zero-order valence-electron chi connectivity index (χ0n) is 15.4. The molecule has 1 heterocycles. The van der Waals surface area contributed by atoms with Crippen molar-refractivity contribution in [3.8, 4) is 0 Å². The number of carbonyl (C=O) groups excluding carboxylic acids is 1. The van der Waals surface area contributed by atoms with Crippen LogP contribution >= 0.6 is 21.6 Å². The Morgan fingerprint density at radius 1 is 1.18 bits per heavy atom. The van der Waals surface area contributed by atoms with Crippen LogP contribution in [-0.2, 0) is 17.0 Å². The summed E-state index contributed by atoms with van der Waals surface area (Å²) in [6.45, 7) is 4.23. The second-order valence-electron chi connectivity index (χ2n) is 6.08. The van der Waals surface area contributed by atoms with Crippen LogP contribution in [0.4, 0.5) is 11.5 Å². The van der Waals surface area contributed by atoms with E-state index in [4.69, 9.17) is 5.73 Å². The molecule has 0 aliphatic carbocycles. The molecule has 3 rings (SSSR count). The minimum atomic E-state index is -0.00937. The highest BCUT2D eigenvalue weighted by atomic mass is 33.1. The van der Waals surface area contributed by atoms with Crippen LogP contribution in [0.5, 0.6) is 0 Å². The highest BCUT2D eigenvalue weighted by Crippen LogP contribution is 2.32. The number of carbonyl (C=O) groups is 1. The summed E-state index contributed by atoms with van der Waals surface area (Å²) in [4.78, 5) is 20.9. The average Bonchev–Trinajstić information content (AvgIpc) is 2.72. The highest BCUT2D eigenvalue weighted by Gasteiger charge is 2.12. The van der Waals surface area contributed by atoms with Crippen LogP contribution in [0.25, 0.3) is 10.9 Å². The van der Waals surface area contributed by atoms with Crippen LogP contribution in [-0.4, -0.2) is 28.0 Å². The monoisotopic (exact) mass is 410 g/mol.